The van der Waals surface area contributed by atoms with Crippen LogP contribution in [0.2, 0.25) is 0 Å². The molecule has 0 spiro atoms. The van der Waals surface area contributed by atoms with Crippen molar-refractivity contribution in [3.05, 3.63) is 16.7 Å². The summed E-state index contributed by atoms with van der Waals surface area (Å²) in [5.41, 5.74) is 5.28. The first-order chi connectivity index (χ1) is 7.26. The third-order valence-corrected chi connectivity index (χ3v) is 2.59. The number of nitrogens with zero attached hydrogens (tertiary/aromatic N) is 2. The number of ether oxygens (including phenoxy) is 1. The number of aromatic amines is 1. The minimum atomic E-state index is -0.251. The normalized spacial score (nSPS) is 16.3. The molecule has 15 heavy (non-hydrogen) atoms. The first-order valence-electron chi connectivity index (χ1n) is 4.83. The molecule has 1 aliphatic rings. The number of H-pyrrole nitrogens is 1. The van der Waals surface area contributed by atoms with Crippen molar-refractivity contribution in [2.45, 2.75) is 0 Å². The molecule has 0 aliphatic carbocycles. The van der Waals surface area contributed by atoms with Crippen LogP contribution in [-0.4, -0.2) is 36.7 Å². The molecule has 1 aromatic rings. The molecule has 0 saturated carbocycles. The largest absolute Gasteiger partial charge is 0.489 e. The summed E-state index contributed by atoms with van der Waals surface area (Å²) in [6.45, 7) is 2.34. The number of anilines is 1. The van der Waals surface area contributed by atoms with Gasteiger partial charge in [0.1, 0.15) is 0 Å². The van der Waals surface area contributed by atoms with E-state index in [-0.39, 0.29) is 11.3 Å². The molecule has 82 valence electrons. The van der Waals surface area contributed by atoms with E-state index in [2.05, 4.69) is 9.97 Å². The van der Waals surface area contributed by atoms with Crippen LogP contribution in [0.5, 0.6) is 5.75 Å². The first-order valence-corrected chi connectivity index (χ1v) is 4.83. The summed E-state index contributed by atoms with van der Waals surface area (Å²) >= 11 is 0. The van der Waals surface area contributed by atoms with Crippen molar-refractivity contribution >= 4 is 5.82 Å². The molecule has 0 bridgehead atoms. The fraction of sp³-hybridized carbons (Fsp3) is 0.556. The molecule has 6 nitrogen and oxygen atoms in total. The lowest BCUT2D eigenvalue weighted by Gasteiger charge is -2.39. The monoisotopic (exact) mass is 210 g/mol. The highest BCUT2D eigenvalue weighted by Crippen LogP contribution is 2.27. The molecule has 2 heterocycles. The highest BCUT2D eigenvalue weighted by atomic mass is 16.5. The number of hydrogen-bond acceptors (Lipinski definition) is 5. The standard InChI is InChI=1S/C9H14N4O2/c1-15-7-8(11-5-12-9(7)14)13-3-6(2-10)4-13/h5-6H,2-4,10H2,1H3,(H,11,12,14). The maximum atomic E-state index is 11.4. The first kappa shape index (κ1) is 9.97. The topological polar surface area (TPSA) is 84.2 Å². The lowest BCUT2D eigenvalue weighted by atomic mass is 10.0. The average molecular weight is 210 g/mol. The van der Waals surface area contributed by atoms with E-state index >= 15 is 0 Å². The fourth-order valence-electron chi connectivity index (χ4n) is 1.68. The van der Waals surface area contributed by atoms with E-state index in [0.717, 1.165) is 13.1 Å². The molecule has 0 radical (unpaired) electrons. The van der Waals surface area contributed by atoms with Gasteiger partial charge in [-0.1, -0.05) is 0 Å². The number of rotatable bonds is 3. The lowest BCUT2D eigenvalue weighted by molar-refractivity contribution is 0.382. The van der Waals surface area contributed by atoms with E-state index in [1.54, 1.807) is 0 Å². The molecule has 1 aliphatic heterocycles. The van der Waals surface area contributed by atoms with Gasteiger partial charge in [-0.05, 0) is 6.54 Å². The Hall–Kier alpha value is -1.56. The molecule has 1 aromatic heterocycles. The van der Waals surface area contributed by atoms with Crippen molar-refractivity contribution < 1.29 is 4.74 Å². The Morgan fingerprint density at radius 3 is 3.07 bits per heavy atom. The van der Waals surface area contributed by atoms with Crippen LogP contribution in [0, 0.1) is 5.92 Å². The van der Waals surface area contributed by atoms with Crippen LogP contribution in [0.15, 0.2) is 11.1 Å². The van der Waals surface area contributed by atoms with Crippen molar-refractivity contribution in [1.29, 1.82) is 0 Å². The maximum Gasteiger partial charge on any atom is 0.295 e. The van der Waals surface area contributed by atoms with Gasteiger partial charge in [-0.3, -0.25) is 4.79 Å². The van der Waals surface area contributed by atoms with Crippen LogP contribution in [0.1, 0.15) is 0 Å². The van der Waals surface area contributed by atoms with Crippen molar-refractivity contribution in [1.82, 2.24) is 9.97 Å². The van der Waals surface area contributed by atoms with Crippen LogP contribution in [0.4, 0.5) is 5.82 Å². The highest BCUT2D eigenvalue weighted by molar-refractivity contribution is 5.52. The van der Waals surface area contributed by atoms with Gasteiger partial charge in [0.15, 0.2) is 5.82 Å². The highest BCUT2D eigenvalue weighted by Gasteiger charge is 2.29. The van der Waals surface area contributed by atoms with Crippen LogP contribution in [0.25, 0.3) is 0 Å². The van der Waals surface area contributed by atoms with E-state index < -0.39 is 0 Å². The lowest BCUT2D eigenvalue weighted by Crippen LogP contribution is -2.50. The van der Waals surface area contributed by atoms with Gasteiger partial charge in [-0.25, -0.2) is 4.98 Å². The van der Waals surface area contributed by atoms with Crippen molar-refractivity contribution in [3.8, 4) is 5.75 Å². The SMILES string of the molecule is COc1c(N2CC(CN)C2)nc[nH]c1=O. The number of hydrogen-bond donors (Lipinski definition) is 2. The zero-order valence-corrected chi connectivity index (χ0v) is 8.56. The molecular formula is C9H14N4O2. The van der Waals surface area contributed by atoms with Crippen LogP contribution >= 0.6 is 0 Å². The third-order valence-electron chi connectivity index (χ3n) is 2.59. The average Bonchev–Trinajstić information content (AvgIpc) is 2.16. The van der Waals surface area contributed by atoms with Gasteiger partial charge in [-0.15, -0.1) is 0 Å². The van der Waals surface area contributed by atoms with E-state index in [0.29, 0.717) is 18.3 Å². The molecule has 2 rings (SSSR count). The molecule has 0 unspecified atom stereocenters. The van der Waals surface area contributed by atoms with Crippen LogP contribution < -0.4 is 20.9 Å². The molecule has 0 amide bonds. The Kier molecular flexibility index (Phi) is 2.59. The van der Waals surface area contributed by atoms with Crippen molar-refractivity contribution in [2.75, 3.05) is 31.6 Å². The van der Waals surface area contributed by atoms with Gasteiger partial charge in [0.25, 0.3) is 5.56 Å². The predicted octanol–water partition coefficient (Wildman–Crippen LogP) is -0.827. The summed E-state index contributed by atoms with van der Waals surface area (Å²) in [6.07, 6.45) is 1.38. The van der Waals surface area contributed by atoms with E-state index in [1.807, 2.05) is 4.90 Å². The minimum absolute atomic E-state index is 0.251. The second kappa shape index (κ2) is 3.90. The van der Waals surface area contributed by atoms with Crippen LogP contribution in [0.3, 0.4) is 0 Å². The second-order valence-corrected chi connectivity index (χ2v) is 3.60. The van der Waals surface area contributed by atoms with Gasteiger partial charge in [-0.2, -0.15) is 0 Å². The van der Waals surface area contributed by atoms with Crippen molar-refractivity contribution in [2.24, 2.45) is 11.7 Å². The van der Waals surface area contributed by atoms with E-state index in [9.17, 15) is 4.79 Å². The molecule has 1 saturated heterocycles. The molecule has 1 fully saturated rings. The summed E-state index contributed by atoms with van der Waals surface area (Å²) < 4.78 is 5.02. The Morgan fingerprint density at radius 1 is 1.73 bits per heavy atom. The molecule has 6 heteroatoms. The van der Waals surface area contributed by atoms with Gasteiger partial charge in [0, 0.05) is 19.0 Å². The molecule has 0 atom stereocenters. The molecule has 0 aromatic carbocycles. The Labute approximate surface area is 87.1 Å². The smallest absolute Gasteiger partial charge is 0.295 e. The second-order valence-electron chi connectivity index (χ2n) is 3.60. The Bertz CT molecular complexity index is 397. The summed E-state index contributed by atoms with van der Waals surface area (Å²) in [7, 11) is 1.47. The number of nitrogens with one attached hydrogen (secondary N) is 1. The number of nitrogens with two attached hydrogens (primary N) is 1. The van der Waals surface area contributed by atoms with Crippen LogP contribution in [-0.2, 0) is 0 Å². The van der Waals surface area contributed by atoms with Crippen molar-refractivity contribution in [3.63, 3.8) is 0 Å². The zero-order valence-electron chi connectivity index (χ0n) is 8.56. The summed E-state index contributed by atoms with van der Waals surface area (Å²) in [5.74, 6) is 1.37. The quantitative estimate of drug-likeness (QED) is 0.680. The Morgan fingerprint density at radius 2 is 2.47 bits per heavy atom. The van der Waals surface area contributed by atoms with E-state index in [1.165, 1.54) is 13.4 Å². The summed E-state index contributed by atoms with van der Waals surface area (Å²) in [4.78, 5) is 20.0. The summed E-state index contributed by atoms with van der Waals surface area (Å²) in [6, 6.07) is 0. The molecule has 3 N–H and O–H groups in total. The minimum Gasteiger partial charge on any atom is -0.489 e. The zero-order chi connectivity index (χ0) is 10.8. The fourth-order valence-corrected chi connectivity index (χ4v) is 1.68. The maximum absolute atomic E-state index is 11.4. The van der Waals surface area contributed by atoms with Gasteiger partial charge in [0.2, 0.25) is 5.75 Å². The number of methoxy groups -OCH3 is 1. The Balaban J connectivity index is 2.22. The van der Waals surface area contributed by atoms with Gasteiger partial charge >= 0.3 is 0 Å². The number of aromatic nitrogens is 2. The van der Waals surface area contributed by atoms with Gasteiger partial charge in [0.05, 0.1) is 13.4 Å². The third kappa shape index (κ3) is 1.68. The summed E-state index contributed by atoms with van der Waals surface area (Å²) in [5, 5.41) is 0. The van der Waals surface area contributed by atoms with E-state index in [4.69, 9.17) is 10.5 Å². The predicted molar refractivity (Wildman–Crippen MR) is 56.2 cm³/mol. The van der Waals surface area contributed by atoms with Gasteiger partial charge < -0.3 is 20.4 Å². The molecular weight excluding hydrogens is 196 g/mol.